The lowest BCUT2D eigenvalue weighted by molar-refractivity contribution is -0.127. The van der Waals surface area contributed by atoms with Crippen molar-refractivity contribution in [2.75, 3.05) is 13.1 Å². The topological polar surface area (TPSA) is 132 Å². The van der Waals surface area contributed by atoms with Crippen LogP contribution in [-0.2, 0) is 26.2 Å². The van der Waals surface area contributed by atoms with Crippen LogP contribution in [0.3, 0.4) is 0 Å². The molecule has 2 rings (SSSR count). The minimum Gasteiger partial charge on any atom is -0.368 e. The van der Waals surface area contributed by atoms with Gasteiger partial charge in [0.05, 0.1) is 4.90 Å². The number of benzene rings is 1. The van der Waals surface area contributed by atoms with Crippen molar-refractivity contribution in [2.45, 2.75) is 31.3 Å². The maximum absolute atomic E-state index is 12.6. The predicted molar refractivity (Wildman–Crippen MR) is 107 cm³/mol. The summed E-state index contributed by atoms with van der Waals surface area (Å²) in [6.45, 7) is 3.50. The molecule has 1 atom stereocenters. The van der Waals surface area contributed by atoms with Gasteiger partial charge < -0.3 is 15.6 Å². The number of carbonyl (C=O) groups excluding carboxylic acids is 2. The molecule has 0 saturated carbocycles. The third-order valence-corrected chi connectivity index (χ3v) is 6.37. The third kappa shape index (κ3) is 5.30. The van der Waals surface area contributed by atoms with Gasteiger partial charge in [-0.25, -0.2) is 8.42 Å². The zero-order valence-electron chi connectivity index (χ0n) is 16.2. The maximum atomic E-state index is 12.6. The summed E-state index contributed by atoms with van der Waals surface area (Å²) in [6, 6.07) is 9.66. The standard InChI is InChI=1S/C19H24N4O5S/c1-3-23(4-2)29(27,28)15-10-11-17(25)22(12-15)13-16(24)21-18(19(20)26)14-8-6-5-7-9-14/h5-12,18H,3-4,13H2,1-2H3,(H2,20,26)(H,21,24). The summed E-state index contributed by atoms with van der Waals surface area (Å²) in [6.07, 6.45) is 1.12. The summed E-state index contributed by atoms with van der Waals surface area (Å²) >= 11 is 0. The van der Waals surface area contributed by atoms with Crippen molar-refractivity contribution < 1.29 is 18.0 Å². The van der Waals surface area contributed by atoms with Crippen LogP contribution in [-0.4, -0.2) is 42.2 Å². The summed E-state index contributed by atoms with van der Waals surface area (Å²) in [5, 5.41) is 2.48. The molecular weight excluding hydrogens is 396 g/mol. The minimum absolute atomic E-state index is 0.0943. The monoisotopic (exact) mass is 420 g/mol. The van der Waals surface area contributed by atoms with Crippen molar-refractivity contribution in [1.29, 1.82) is 0 Å². The number of nitrogens with one attached hydrogen (secondary N) is 1. The highest BCUT2D eigenvalue weighted by molar-refractivity contribution is 7.89. The number of amides is 2. The molecule has 0 spiro atoms. The Morgan fingerprint density at radius 1 is 1.10 bits per heavy atom. The average Bonchev–Trinajstić information content (AvgIpc) is 2.69. The largest absolute Gasteiger partial charge is 0.368 e. The Bertz CT molecular complexity index is 1030. The number of aromatic nitrogens is 1. The minimum atomic E-state index is -3.79. The van der Waals surface area contributed by atoms with Crippen molar-refractivity contribution in [3.05, 3.63) is 64.6 Å². The second-order valence-corrected chi connectivity index (χ2v) is 8.17. The highest BCUT2D eigenvalue weighted by Gasteiger charge is 2.24. The highest BCUT2D eigenvalue weighted by Crippen LogP contribution is 2.14. The SMILES string of the molecule is CCN(CC)S(=O)(=O)c1ccc(=O)n(CC(=O)NC(C(N)=O)c2ccccc2)c1. The fourth-order valence-corrected chi connectivity index (χ4v) is 4.30. The van der Waals surface area contributed by atoms with Gasteiger partial charge in [0.2, 0.25) is 21.8 Å². The van der Waals surface area contributed by atoms with Crippen molar-refractivity contribution >= 4 is 21.8 Å². The van der Waals surface area contributed by atoms with Gasteiger partial charge in [0.15, 0.2) is 0 Å². The zero-order valence-corrected chi connectivity index (χ0v) is 17.1. The van der Waals surface area contributed by atoms with Gasteiger partial charge in [-0.05, 0) is 11.6 Å². The Hall–Kier alpha value is -2.98. The molecule has 0 aliphatic carbocycles. The smallest absolute Gasteiger partial charge is 0.251 e. The molecular formula is C19H24N4O5S. The van der Waals surface area contributed by atoms with Crippen LogP contribution in [0.15, 0.2) is 58.4 Å². The number of hydrogen-bond donors (Lipinski definition) is 2. The number of nitrogens with zero attached hydrogens (tertiary/aromatic N) is 2. The first kappa shape index (κ1) is 22.3. The van der Waals surface area contributed by atoms with Gasteiger partial charge in [-0.3, -0.25) is 14.4 Å². The summed E-state index contributed by atoms with van der Waals surface area (Å²) in [4.78, 5) is 36.2. The van der Waals surface area contributed by atoms with E-state index in [1.807, 2.05) is 0 Å². The van der Waals surface area contributed by atoms with Crippen molar-refractivity contribution in [1.82, 2.24) is 14.2 Å². The van der Waals surface area contributed by atoms with Gasteiger partial charge in [-0.15, -0.1) is 0 Å². The molecule has 0 radical (unpaired) electrons. The fraction of sp³-hybridized carbons (Fsp3) is 0.316. The van der Waals surface area contributed by atoms with Crippen LogP contribution in [0, 0.1) is 0 Å². The Labute approximate surface area is 169 Å². The maximum Gasteiger partial charge on any atom is 0.251 e. The van der Waals surface area contributed by atoms with Crippen LogP contribution >= 0.6 is 0 Å². The Balaban J connectivity index is 2.26. The molecule has 1 aromatic heterocycles. The summed E-state index contributed by atoms with van der Waals surface area (Å²) in [7, 11) is -3.79. The van der Waals surface area contributed by atoms with Gasteiger partial charge in [0.1, 0.15) is 12.6 Å². The normalized spacial score (nSPS) is 12.5. The lowest BCUT2D eigenvalue weighted by atomic mass is 10.1. The summed E-state index contributed by atoms with van der Waals surface area (Å²) < 4.78 is 27.5. The van der Waals surface area contributed by atoms with Crippen molar-refractivity contribution in [2.24, 2.45) is 5.73 Å². The van der Waals surface area contributed by atoms with Gasteiger partial charge >= 0.3 is 0 Å². The number of primary amides is 1. The Morgan fingerprint density at radius 3 is 2.28 bits per heavy atom. The predicted octanol–water partition coefficient (Wildman–Crippen LogP) is 0.222. The molecule has 0 aliphatic rings. The van der Waals surface area contributed by atoms with E-state index >= 15 is 0 Å². The van der Waals surface area contributed by atoms with Crippen LogP contribution < -0.4 is 16.6 Å². The van der Waals surface area contributed by atoms with E-state index in [2.05, 4.69) is 5.32 Å². The lowest BCUT2D eigenvalue weighted by Crippen LogP contribution is -2.40. The first-order chi connectivity index (χ1) is 13.7. The van der Waals surface area contributed by atoms with E-state index in [1.54, 1.807) is 44.2 Å². The molecule has 1 aromatic carbocycles. The lowest BCUT2D eigenvalue weighted by Gasteiger charge is -2.19. The quantitative estimate of drug-likeness (QED) is 0.599. The van der Waals surface area contributed by atoms with E-state index < -0.39 is 40.0 Å². The summed E-state index contributed by atoms with van der Waals surface area (Å²) in [5.74, 6) is -1.41. The van der Waals surface area contributed by atoms with E-state index in [0.717, 1.165) is 16.8 Å². The number of nitrogens with two attached hydrogens (primary N) is 1. The molecule has 29 heavy (non-hydrogen) atoms. The van der Waals surface area contributed by atoms with Gasteiger partial charge in [0, 0.05) is 25.4 Å². The van der Waals surface area contributed by atoms with E-state index in [4.69, 9.17) is 5.73 Å². The van der Waals surface area contributed by atoms with E-state index in [0.29, 0.717) is 5.56 Å². The van der Waals surface area contributed by atoms with Crippen LogP contribution in [0.25, 0.3) is 0 Å². The first-order valence-electron chi connectivity index (χ1n) is 9.05. The van der Waals surface area contributed by atoms with Gasteiger partial charge in [-0.2, -0.15) is 4.31 Å². The molecule has 2 aromatic rings. The summed E-state index contributed by atoms with van der Waals surface area (Å²) in [5.41, 5.74) is 5.33. The molecule has 0 aliphatic heterocycles. The van der Waals surface area contributed by atoms with Crippen molar-refractivity contribution in [3.63, 3.8) is 0 Å². The van der Waals surface area contributed by atoms with Crippen LogP contribution in [0.1, 0.15) is 25.5 Å². The zero-order chi connectivity index (χ0) is 21.6. The third-order valence-electron chi connectivity index (χ3n) is 4.34. The van der Waals surface area contributed by atoms with Crippen LogP contribution in [0.4, 0.5) is 0 Å². The van der Waals surface area contributed by atoms with Gasteiger partial charge in [-0.1, -0.05) is 44.2 Å². The molecule has 156 valence electrons. The number of hydrogen-bond acceptors (Lipinski definition) is 5. The second-order valence-electron chi connectivity index (χ2n) is 6.23. The average molecular weight is 420 g/mol. The van der Waals surface area contributed by atoms with Crippen LogP contribution in [0.2, 0.25) is 0 Å². The molecule has 1 heterocycles. The molecule has 0 fully saturated rings. The Morgan fingerprint density at radius 2 is 1.72 bits per heavy atom. The molecule has 9 nitrogen and oxygen atoms in total. The molecule has 1 unspecified atom stereocenters. The van der Waals surface area contributed by atoms with E-state index in [1.165, 1.54) is 10.4 Å². The van der Waals surface area contributed by atoms with E-state index in [-0.39, 0.29) is 18.0 Å². The number of carbonyl (C=O) groups is 2. The highest BCUT2D eigenvalue weighted by atomic mass is 32.2. The van der Waals surface area contributed by atoms with Crippen LogP contribution in [0.5, 0.6) is 0 Å². The molecule has 10 heteroatoms. The van der Waals surface area contributed by atoms with Gasteiger partial charge in [0.25, 0.3) is 5.56 Å². The molecule has 0 bridgehead atoms. The van der Waals surface area contributed by atoms with Crippen molar-refractivity contribution in [3.8, 4) is 0 Å². The Kier molecular flexibility index (Phi) is 7.29. The molecule has 2 amide bonds. The first-order valence-corrected chi connectivity index (χ1v) is 10.5. The molecule has 0 saturated heterocycles. The van der Waals surface area contributed by atoms with E-state index in [9.17, 15) is 22.8 Å². The number of rotatable bonds is 9. The number of pyridine rings is 1. The molecule has 3 N–H and O–H groups in total. The fourth-order valence-electron chi connectivity index (χ4n) is 2.82. The second kappa shape index (κ2) is 9.48. The number of sulfonamides is 1.